The third-order valence-corrected chi connectivity index (χ3v) is 3.51. The molecule has 0 saturated carbocycles. The van der Waals surface area contributed by atoms with Gasteiger partial charge in [0.1, 0.15) is 0 Å². The topological polar surface area (TPSA) is 72.8 Å². The van der Waals surface area contributed by atoms with Crippen LogP contribution >= 0.6 is 15.9 Å². The first-order valence-electron chi connectivity index (χ1n) is 2.62. The molecular weight excluding hydrogens is 178 g/mol. The molecule has 0 fully saturated rings. The maximum atomic E-state index is 10.5. The van der Waals surface area contributed by atoms with Gasteiger partial charge in [-0.05, 0) is 0 Å². The Kier molecular flexibility index (Phi) is 4.41. The predicted molar refractivity (Wildman–Crippen MR) is 37.5 cm³/mol. The first kappa shape index (κ1) is 10.3. The molecule has 0 amide bonds. The summed E-state index contributed by atoms with van der Waals surface area (Å²) < 4.78 is 29.2. The highest BCUT2D eigenvalue weighted by Crippen LogP contribution is 2.50. The number of phosphoric acid groups is 1. The van der Waals surface area contributed by atoms with Crippen LogP contribution in [0, 0.1) is 0 Å². The van der Waals surface area contributed by atoms with Crippen LogP contribution in [0.25, 0.3) is 0 Å². The van der Waals surface area contributed by atoms with Crippen LogP contribution in [0.1, 0.15) is 6.92 Å². The fourth-order valence-corrected chi connectivity index (χ4v) is 2.07. The Hall–Kier alpha value is 0.340. The highest BCUT2D eigenvalue weighted by Gasteiger charge is 2.20. The van der Waals surface area contributed by atoms with Gasteiger partial charge in [0.25, 0.3) is 0 Å². The minimum absolute atomic E-state index is 0.235. The van der Waals surface area contributed by atoms with E-state index in [1.165, 1.54) is 0 Å². The number of phosphoric ester groups is 1. The number of hydrogen-bond acceptors (Lipinski definition) is 4. The molecule has 0 bridgehead atoms. The smallest absolute Gasteiger partial charge is 0.302 e. The van der Waals surface area contributed by atoms with Crippen LogP contribution < -0.4 is 0 Å². The Morgan fingerprint density at radius 3 is 2.50 bits per heavy atom. The number of rotatable bonds is 4. The summed E-state index contributed by atoms with van der Waals surface area (Å²) in [6.45, 7) is 1.59. The van der Waals surface area contributed by atoms with Crippen molar-refractivity contribution in [2.24, 2.45) is 0 Å². The molecule has 0 heterocycles. The fraction of sp³-hybridized carbons (Fsp3) is 1.00. The third-order valence-electron chi connectivity index (χ3n) is 0.737. The van der Waals surface area contributed by atoms with Gasteiger partial charge in [-0.15, -0.1) is 0 Å². The van der Waals surface area contributed by atoms with Gasteiger partial charge in [0.15, 0.2) is 0 Å². The van der Waals surface area contributed by atoms with Gasteiger partial charge in [0.05, 0.1) is 0 Å². The van der Waals surface area contributed by atoms with E-state index in [4.69, 9.17) is 4.89 Å². The summed E-state index contributed by atoms with van der Waals surface area (Å²) in [5.41, 5.74) is 0. The average molecular weight is 188 g/mol. The van der Waals surface area contributed by atoms with Crippen LogP contribution in [0.4, 0.5) is 0 Å². The molecule has 10 heavy (non-hydrogen) atoms. The molecular formula is C3H10O5P2. The summed E-state index contributed by atoms with van der Waals surface area (Å²) in [5, 5.41) is 0. The van der Waals surface area contributed by atoms with Gasteiger partial charge < -0.3 is 4.89 Å². The molecule has 0 rings (SSSR count). The summed E-state index contributed by atoms with van der Waals surface area (Å²) in [7, 11) is -5.38. The molecule has 0 aliphatic heterocycles. The standard InChI is InChI=1S/C3H10O5P2/c1-3-9(4)8-10(5,6)7-2/h9H,3H2,1-2H3,(H,5,6). The maximum Gasteiger partial charge on any atom is 0.477 e. The van der Waals surface area contributed by atoms with Gasteiger partial charge in [0, 0.05) is 13.3 Å². The van der Waals surface area contributed by atoms with Gasteiger partial charge in [-0.2, -0.15) is 0 Å². The molecule has 0 aromatic carbocycles. The van der Waals surface area contributed by atoms with Crippen molar-refractivity contribution in [3.8, 4) is 0 Å². The van der Waals surface area contributed by atoms with Crippen LogP contribution in [0.5, 0.6) is 0 Å². The van der Waals surface area contributed by atoms with Crippen molar-refractivity contribution in [1.82, 2.24) is 0 Å². The van der Waals surface area contributed by atoms with Gasteiger partial charge in [0.2, 0.25) is 8.03 Å². The SMILES string of the molecule is CC[PH](=O)OP(=O)(O)OC. The normalized spacial score (nSPS) is 19.9. The highest BCUT2D eigenvalue weighted by molar-refractivity contribution is 7.57. The van der Waals surface area contributed by atoms with Crippen molar-refractivity contribution in [2.45, 2.75) is 6.92 Å². The van der Waals surface area contributed by atoms with Crippen molar-refractivity contribution in [3.05, 3.63) is 0 Å². The molecule has 62 valence electrons. The van der Waals surface area contributed by atoms with E-state index in [0.29, 0.717) is 0 Å². The first-order chi connectivity index (χ1) is 4.52. The second-order valence-electron chi connectivity index (χ2n) is 1.47. The van der Waals surface area contributed by atoms with E-state index in [2.05, 4.69) is 8.83 Å². The van der Waals surface area contributed by atoms with E-state index < -0.39 is 15.9 Å². The van der Waals surface area contributed by atoms with Crippen molar-refractivity contribution >= 4 is 15.9 Å². The van der Waals surface area contributed by atoms with E-state index >= 15 is 0 Å². The first-order valence-corrected chi connectivity index (χ1v) is 5.64. The highest BCUT2D eigenvalue weighted by atomic mass is 31.2. The lowest BCUT2D eigenvalue weighted by molar-refractivity contribution is 0.247. The predicted octanol–water partition coefficient (Wildman–Crippen LogP) is 1.24. The molecule has 0 aliphatic carbocycles. The summed E-state index contributed by atoms with van der Waals surface area (Å²) in [4.78, 5) is 8.56. The van der Waals surface area contributed by atoms with Gasteiger partial charge in [-0.25, -0.2) is 8.88 Å². The van der Waals surface area contributed by atoms with E-state index in [1.807, 2.05) is 0 Å². The van der Waals surface area contributed by atoms with Gasteiger partial charge >= 0.3 is 7.82 Å². The van der Waals surface area contributed by atoms with Gasteiger partial charge in [-0.3, -0.25) is 9.09 Å². The minimum atomic E-state index is -4.01. The van der Waals surface area contributed by atoms with E-state index in [0.717, 1.165) is 7.11 Å². The van der Waals surface area contributed by atoms with E-state index in [9.17, 15) is 9.13 Å². The molecule has 2 unspecified atom stereocenters. The molecule has 0 spiro atoms. The van der Waals surface area contributed by atoms with Crippen LogP contribution in [0.2, 0.25) is 0 Å². The molecule has 7 heteroatoms. The molecule has 0 radical (unpaired) electrons. The minimum Gasteiger partial charge on any atom is -0.302 e. The quantitative estimate of drug-likeness (QED) is 0.672. The lowest BCUT2D eigenvalue weighted by atomic mass is 11.0. The van der Waals surface area contributed by atoms with Gasteiger partial charge in [-0.1, -0.05) is 6.92 Å². The molecule has 0 aliphatic rings. The van der Waals surface area contributed by atoms with Crippen LogP contribution in [-0.4, -0.2) is 18.2 Å². The van der Waals surface area contributed by atoms with Crippen LogP contribution in [-0.2, 0) is 18.0 Å². The van der Waals surface area contributed by atoms with Crippen molar-refractivity contribution in [2.75, 3.05) is 13.3 Å². The maximum absolute atomic E-state index is 10.5. The summed E-state index contributed by atoms with van der Waals surface area (Å²) in [6.07, 6.45) is 0.235. The number of hydrogen-bond donors (Lipinski definition) is 1. The fourth-order valence-electron chi connectivity index (χ4n) is 0.230. The zero-order valence-electron chi connectivity index (χ0n) is 5.73. The second-order valence-corrected chi connectivity index (χ2v) is 4.95. The monoisotopic (exact) mass is 188 g/mol. The Morgan fingerprint density at radius 1 is 1.70 bits per heavy atom. The lowest BCUT2D eigenvalue weighted by Crippen LogP contribution is -1.84. The largest absolute Gasteiger partial charge is 0.477 e. The van der Waals surface area contributed by atoms with Crippen LogP contribution in [0.15, 0.2) is 0 Å². The Morgan fingerprint density at radius 2 is 2.20 bits per heavy atom. The molecule has 0 saturated heterocycles. The zero-order chi connectivity index (χ0) is 8.20. The average Bonchev–Trinajstić information content (AvgIpc) is 1.87. The Balaban J connectivity index is 3.89. The van der Waals surface area contributed by atoms with Crippen molar-refractivity contribution in [3.63, 3.8) is 0 Å². The summed E-state index contributed by atoms with van der Waals surface area (Å²) in [6, 6.07) is 0. The van der Waals surface area contributed by atoms with Crippen molar-refractivity contribution in [1.29, 1.82) is 0 Å². The molecule has 5 nitrogen and oxygen atoms in total. The molecule has 0 aromatic heterocycles. The summed E-state index contributed by atoms with van der Waals surface area (Å²) >= 11 is 0. The van der Waals surface area contributed by atoms with Crippen molar-refractivity contribution < 1.29 is 22.9 Å². The lowest BCUT2D eigenvalue weighted by Gasteiger charge is -2.06. The molecule has 0 aromatic rings. The molecule has 1 N–H and O–H groups in total. The second kappa shape index (κ2) is 4.27. The van der Waals surface area contributed by atoms with E-state index in [1.54, 1.807) is 6.92 Å². The Bertz CT molecular complexity index is 166. The third kappa shape index (κ3) is 4.20. The molecule has 2 atom stereocenters. The summed E-state index contributed by atoms with van der Waals surface area (Å²) in [5.74, 6) is 0. The zero-order valence-corrected chi connectivity index (χ0v) is 7.63. The van der Waals surface area contributed by atoms with Crippen LogP contribution in [0.3, 0.4) is 0 Å². The Labute approximate surface area is 59.8 Å². The van der Waals surface area contributed by atoms with E-state index in [-0.39, 0.29) is 6.16 Å².